The lowest BCUT2D eigenvalue weighted by atomic mass is 10.2. The molecule has 0 radical (unpaired) electrons. The lowest BCUT2D eigenvalue weighted by Crippen LogP contribution is -2.44. The summed E-state index contributed by atoms with van der Waals surface area (Å²) in [7, 11) is -0.0126. The number of anilines is 1. The van der Waals surface area contributed by atoms with Crippen molar-refractivity contribution >= 4 is 56.0 Å². The molecule has 1 saturated heterocycles. The number of amides is 1. The number of carbonyl (C=O) groups excluding carboxylic acids is 1. The predicted octanol–water partition coefficient (Wildman–Crippen LogP) is 2.85. The molecule has 1 fully saturated rings. The predicted molar refractivity (Wildman–Crippen MR) is 113 cm³/mol. The van der Waals surface area contributed by atoms with Crippen molar-refractivity contribution in [2.75, 3.05) is 19.0 Å². The molecular weight excluding hydrogens is 402 g/mol. The van der Waals surface area contributed by atoms with Gasteiger partial charge in [-0.2, -0.15) is 0 Å². The van der Waals surface area contributed by atoms with Crippen LogP contribution in [0, 0.1) is 0 Å². The van der Waals surface area contributed by atoms with Crippen molar-refractivity contribution in [3.63, 3.8) is 0 Å². The van der Waals surface area contributed by atoms with E-state index in [2.05, 4.69) is 4.83 Å². The molecule has 0 aliphatic carbocycles. The van der Waals surface area contributed by atoms with Gasteiger partial charge in [0.2, 0.25) is 0 Å². The van der Waals surface area contributed by atoms with Crippen LogP contribution in [0.5, 0.6) is 0 Å². The van der Waals surface area contributed by atoms with E-state index >= 15 is 0 Å². The van der Waals surface area contributed by atoms with Gasteiger partial charge in [-0.1, -0.05) is 54.3 Å². The summed E-state index contributed by atoms with van der Waals surface area (Å²) in [6.45, 7) is 0. The summed E-state index contributed by atoms with van der Waals surface area (Å²) < 4.78 is 25.0. The number of hydrogen-bond donors (Lipinski definition) is 1. The van der Waals surface area contributed by atoms with E-state index in [0.717, 1.165) is 28.0 Å². The molecule has 0 atom stereocenters. The van der Waals surface area contributed by atoms with Gasteiger partial charge in [0.15, 0.2) is 4.32 Å². The molecule has 6 nitrogen and oxygen atoms in total. The zero-order chi connectivity index (χ0) is 19.6. The number of nitrogens with zero attached hydrogens (tertiary/aromatic N) is 2. The maximum absolute atomic E-state index is 12.6. The SMILES string of the molecule is CN(C)c1ccc(C=C2SC(=S)N(NS(=O)(=O)c3ccccc3)C2=O)cc1. The number of sulfonamides is 1. The van der Waals surface area contributed by atoms with Gasteiger partial charge in [0.25, 0.3) is 15.9 Å². The van der Waals surface area contributed by atoms with Crippen LogP contribution in [-0.4, -0.2) is 37.7 Å². The first-order valence-corrected chi connectivity index (χ1v) is 10.6. The summed E-state index contributed by atoms with van der Waals surface area (Å²) in [5.74, 6) is -0.499. The van der Waals surface area contributed by atoms with E-state index in [1.807, 2.05) is 43.3 Å². The second kappa shape index (κ2) is 7.81. The van der Waals surface area contributed by atoms with Gasteiger partial charge in [-0.15, -0.1) is 4.83 Å². The lowest BCUT2D eigenvalue weighted by molar-refractivity contribution is -0.123. The molecule has 0 bridgehead atoms. The first kappa shape index (κ1) is 19.6. The molecule has 0 unspecified atom stereocenters. The Morgan fingerprint density at radius 2 is 1.70 bits per heavy atom. The van der Waals surface area contributed by atoms with Crippen molar-refractivity contribution < 1.29 is 13.2 Å². The van der Waals surface area contributed by atoms with Crippen molar-refractivity contribution in [2.45, 2.75) is 4.90 Å². The third-order valence-corrected chi connectivity index (χ3v) is 6.38. The number of hydrogen-bond acceptors (Lipinski definition) is 6. The Bertz CT molecular complexity index is 1000. The van der Waals surface area contributed by atoms with Gasteiger partial charge in [0.05, 0.1) is 9.80 Å². The van der Waals surface area contributed by atoms with Crippen molar-refractivity contribution in [1.82, 2.24) is 9.84 Å². The van der Waals surface area contributed by atoms with Crippen LogP contribution in [0.25, 0.3) is 6.08 Å². The normalized spacial score (nSPS) is 16.2. The monoisotopic (exact) mass is 419 g/mol. The zero-order valence-corrected chi connectivity index (χ0v) is 17.1. The van der Waals surface area contributed by atoms with Crippen molar-refractivity contribution in [2.24, 2.45) is 0 Å². The Hall–Kier alpha value is -2.20. The quantitative estimate of drug-likeness (QED) is 0.594. The van der Waals surface area contributed by atoms with E-state index in [9.17, 15) is 13.2 Å². The van der Waals surface area contributed by atoms with Crippen molar-refractivity contribution in [1.29, 1.82) is 0 Å². The molecule has 2 aromatic rings. The van der Waals surface area contributed by atoms with Gasteiger partial charge in [0.1, 0.15) is 0 Å². The lowest BCUT2D eigenvalue weighted by Gasteiger charge is -2.15. The summed E-state index contributed by atoms with van der Waals surface area (Å²) in [6, 6.07) is 15.5. The smallest absolute Gasteiger partial charge is 0.281 e. The second-order valence-corrected chi connectivity index (χ2v) is 9.25. The Morgan fingerprint density at radius 1 is 1.07 bits per heavy atom. The molecule has 9 heteroatoms. The third kappa shape index (κ3) is 4.38. The number of hydrazine groups is 1. The number of rotatable bonds is 5. The Balaban J connectivity index is 1.81. The summed E-state index contributed by atoms with van der Waals surface area (Å²) in [5, 5.41) is 0.891. The molecule has 27 heavy (non-hydrogen) atoms. The average molecular weight is 420 g/mol. The molecule has 0 saturated carbocycles. The maximum Gasteiger partial charge on any atom is 0.281 e. The number of carbonyl (C=O) groups is 1. The largest absolute Gasteiger partial charge is 0.378 e. The molecule has 1 heterocycles. The van der Waals surface area contributed by atoms with Gasteiger partial charge in [-0.3, -0.25) is 4.79 Å². The van der Waals surface area contributed by atoms with Crippen molar-refractivity contribution in [3.8, 4) is 0 Å². The van der Waals surface area contributed by atoms with Gasteiger partial charge in [0, 0.05) is 19.8 Å². The average Bonchev–Trinajstić information content (AvgIpc) is 2.90. The molecule has 1 aliphatic heterocycles. The summed E-state index contributed by atoms with van der Waals surface area (Å²) in [6.07, 6.45) is 1.69. The molecule has 0 aromatic heterocycles. The van der Waals surface area contributed by atoms with Crippen LogP contribution in [0.1, 0.15) is 5.56 Å². The topological polar surface area (TPSA) is 69.7 Å². The number of benzene rings is 2. The molecular formula is C18H17N3O3S3. The van der Waals surface area contributed by atoms with E-state index in [1.54, 1.807) is 24.3 Å². The molecule has 140 valence electrons. The second-order valence-electron chi connectivity index (χ2n) is 5.91. The highest BCUT2D eigenvalue weighted by Gasteiger charge is 2.35. The number of nitrogens with one attached hydrogen (secondary N) is 1. The highest BCUT2D eigenvalue weighted by molar-refractivity contribution is 8.26. The van der Waals surface area contributed by atoms with Crippen LogP contribution in [-0.2, 0) is 14.8 Å². The van der Waals surface area contributed by atoms with Crippen LogP contribution in [0.4, 0.5) is 5.69 Å². The molecule has 3 rings (SSSR count). The first-order valence-electron chi connectivity index (χ1n) is 7.91. The Labute approximate surface area is 167 Å². The van der Waals surface area contributed by atoms with E-state index in [1.165, 1.54) is 12.1 Å². The van der Waals surface area contributed by atoms with Gasteiger partial charge >= 0.3 is 0 Å². The fraction of sp³-hybridized carbons (Fsp3) is 0.111. The Morgan fingerprint density at radius 3 is 2.30 bits per heavy atom. The molecule has 2 aromatic carbocycles. The van der Waals surface area contributed by atoms with Gasteiger partial charge < -0.3 is 4.90 Å². The standard InChI is InChI=1S/C18H17N3O3S3/c1-20(2)14-10-8-13(9-11-14)12-16-17(22)21(18(25)26-16)19-27(23,24)15-6-4-3-5-7-15/h3-12,19H,1-2H3. The van der Waals surface area contributed by atoms with Crippen LogP contribution < -0.4 is 9.73 Å². The van der Waals surface area contributed by atoms with E-state index in [0.29, 0.717) is 4.91 Å². The molecule has 1 amide bonds. The molecule has 0 spiro atoms. The fourth-order valence-corrected chi connectivity index (χ4v) is 4.67. The van der Waals surface area contributed by atoms with E-state index < -0.39 is 15.9 Å². The van der Waals surface area contributed by atoms with Crippen LogP contribution in [0.15, 0.2) is 64.4 Å². The first-order chi connectivity index (χ1) is 12.8. The summed E-state index contributed by atoms with van der Waals surface area (Å²) >= 11 is 6.23. The Kier molecular flexibility index (Phi) is 5.66. The molecule has 1 aliphatic rings. The van der Waals surface area contributed by atoms with Crippen molar-refractivity contribution in [3.05, 3.63) is 65.1 Å². The summed E-state index contributed by atoms with van der Waals surface area (Å²) in [5.41, 5.74) is 1.86. The number of thiocarbonyl (C=S) groups is 1. The highest BCUT2D eigenvalue weighted by Crippen LogP contribution is 2.32. The number of thioether (sulfide) groups is 1. The van der Waals surface area contributed by atoms with Gasteiger partial charge in [-0.25, -0.2) is 13.4 Å². The third-order valence-electron chi connectivity index (χ3n) is 3.77. The van der Waals surface area contributed by atoms with Crippen LogP contribution in [0.2, 0.25) is 0 Å². The highest BCUT2D eigenvalue weighted by atomic mass is 32.2. The van der Waals surface area contributed by atoms with E-state index in [4.69, 9.17) is 12.2 Å². The minimum absolute atomic E-state index is 0.0577. The zero-order valence-electron chi connectivity index (χ0n) is 14.6. The molecule has 1 N–H and O–H groups in total. The maximum atomic E-state index is 12.6. The van der Waals surface area contributed by atoms with Crippen LogP contribution in [0.3, 0.4) is 0 Å². The minimum atomic E-state index is -3.90. The van der Waals surface area contributed by atoms with E-state index in [-0.39, 0.29) is 9.22 Å². The van der Waals surface area contributed by atoms with Gasteiger partial charge in [-0.05, 0) is 35.9 Å². The minimum Gasteiger partial charge on any atom is -0.378 e. The van der Waals surface area contributed by atoms with Crippen LogP contribution >= 0.6 is 24.0 Å². The fourth-order valence-electron chi connectivity index (χ4n) is 2.34. The summed E-state index contributed by atoms with van der Waals surface area (Å²) in [4.78, 5) is 17.3.